The Hall–Kier alpha value is -1.55. The highest BCUT2D eigenvalue weighted by Crippen LogP contribution is 2.23. The number of carboxylic acid groups (broad SMARTS) is 1. The quantitative estimate of drug-likeness (QED) is 0.812. The van der Waals surface area contributed by atoms with Crippen LogP contribution >= 0.6 is 11.8 Å². The van der Waals surface area contributed by atoms with Crippen LogP contribution in [0.5, 0.6) is 0 Å². The standard InChI is InChI=1S/C15H18O3S/c1-10-6-11(2)14(5-4-12(3)16)13(7-10)8-19-9-15(17)18/h4-7H,8-9H2,1-3H3,(H,17,18)/b5-4+. The Morgan fingerprint density at radius 1 is 1.32 bits per heavy atom. The van der Waals surface area contributed by atoms with Gasteiger partial charge in [-0.15, -0.1) is 11.8 Å². The van der Waals surface area contributed by atoms with Crippen molar-refractivity contribution in [3.63, 3.8) is 0 Å². The number of hydrogen-bond acceptors (Lipinski definition) is 3. The minimum atomic E-state index is -0.810. The Morgan fingerprint density at radius 2 is 2.00 bits per heavy atom. The third-order valence-electron chi connectivity index (χ3n) is 2.58. The van der Waals surface area contributed by atoms with Crippen LogP contribution in [0.25, 0.3) is 6.08 Å². The van der Waals surface area contributed by atoms with E-state index in [1.165, 1.54) is 18.7 Å². The Bertz CT molecular complexity index is 518. The first-order valence-electron chi connectivity index (χ1n) is 5.98. The number of thioether (sulfide) groups is 1. The topological polar surface area (TPSA) is 54.4 Å². The highest BCUT2D eigenvalue weighted by molar-refractivity contribution is 7.99. The average molecular weight is 278 g/mol. The second-order valence-corrected chi connectivity index (χ2v) is 5.47. The van der Waals surface area contributed by atoms with Gasteiger partial charge < -0.3 is 5.11 Å². The van der Waals surface area contributed by atoms with Crippen LogP contribution in [-0.2, 0) is 15.3 Å². The molecule has 0 saturated heterocycles. The van der Waals surface area contributed by atoms with E-state index in [0.717, 1.165) is 22.3 Å². The predicted octanol–water partition coefficient (Wildman–Crippen LogP) is 3.22. The first-order chi connectivity index (χ1) is 8.90. The molecule has 1 rings (SSSR count). The first-order valence-corrected chi connectivity index (χ1v) is 7.14. The van der Waals surface area contributed by atoms with Gasteiger partial charge in [-0.2, -0.15) is 0 Å². The second kappa shape index (κ2) is 7.14. The molecule has 0 heterocycles. The van der Waals surface area contributed by atoms with Crippen molar-refractivity contribution in [3.8, 4) is 0 Å². The maximum absolute atomic E-state index is 11.0. The number of carboxylic acids is 1. The minimum Gasteiger partial charge on any atom is -0.481 e. The number of allylic oxidation sites excluding steroid dienone is 1. The zero-order valence-corrected chi connectivity index (χ0v) is 12.2. The lowest BCUT2D eigenvalue weighted by atomic mass is 9.99. The molecule has 0 bridgehead atoms. The van der Waals surface area contributed by atoms with E-state index in [4.69, 9.17) is 5.11 Å². The summed E-state index contributed by atoms with van der Waals surface area (Å²) >= 11 is 1.36. The zero-order chi connectivity index (χ0) is 14.4. The Morgan fingerprint density at radius 3 is 2.58 bits per heavy atom. The predicted molar refractivity (Wildman–Crippen MR) is 79.4 cm³/mol. The molecule has 0 atom stereocenters. The van der Waals surface area contributed by atoms with E-state index in [1.807, 2.05) is 26.0 Å². The molecule has 0 radical (unpaired) electrons. The summed E-state index contributed by atoms with van der Waals surface area (Å²) in [6, 6.07) is 4.10. The highest BCUT2D eigenvalue weighted by atomic mass is 32.2. The molecule has 4 heteroatoms. The van der Waals surface area contributed by atoms with Crippen LogP contribution in [0.15, 0.2) is 18.2 Å². The summed E-state index contributed by atoms with van der Waals surface area (Å²) < 4.78 is 0. The summed E-state index contributed by atoms with van der Waals surface area (Å²) in [7, 11) is 0. The summed E-state index contributed by atoms with van der Waals surface area (Å²) in [6.45, 7) is 5.52. The fourth-order valence-electron chi connectivity index (χ4n) is 1.87. The normalized spacial score (nSPS) is 10.9. The molecule has 0 spiro atoms. The molecule has 0 amide bonds. The van der Waals surface area contributed by atoms with Crippen LogP contribution in [0.2, 0.25) is 0 Å². The fraction of sp³-hybridized carbons (Fsp3) is 0.333. The SMILES string of the molecule is CC(=O)/C=C/c1c(C)cc(C)cc1CSCC(=O)O. The summed E-state index contributed by atoms with van der Waals surface area (Å²) in [5.41, 5.74) is 4.33. The van der Waals surface area contributed by atoms with Crippen LogP contribution in [0.4, 0.5) is 0 Å². The molecule has 102 valence electrons. The van der Waals surface area contributed by atoms with Crippen molar-refractivity contribution in [2.24, 2.45) is 0 Å². The zero-order valence-electron chi connectivity index (χ0n) is 11.4. The summed E-state index contributed by atoms with van der Waals surface area (Å²) in [5, 5.41) is 8.67. The minimum absolute atomic E-state index is 0.00381. The van der Waals surface area contributed by atoms with Crippen LogP contribution in [0.1, 0.15) is 29.2 Å². The highest BCUT2D eigenvalue weighted by Gasteiger charge is 2.06. The van der Waals surface area contributed by atoms with Gasteiger partial charge in [-0.1, -0.05) is 23.8 Å². The van der Waals surface area contributed by atoms with E-state index in [2.05, 4.69) is 6.07 Å². The van der Waals surface area contributed by atoms with Gasteiger partial charge in [-0.3, -0.25) is 9.59 Å². The van der Waals surface area contributed by atoms with E-state index in [9.17, 15) is 9.59 Å². The van der Waals surface area contributed by atoms with E-state index in [0.29, 0.717) is 5.75 Å². The number of rotatable bonds is 6. The van der Waals surface area contributed by atoms with Gasteiger partial charge in [-0.05, 0) is 43.5 Å². The lowest BCUT2D eigenvalue weighted by Gasteiger charge is -2.10. The number of carbonyl (C=O) groups excluding carboxylic acids is 1. The maximum Gasteiger partial charge on any atom is 0.313 e. The maximum atomic E-state index is 11.0. The molecule has 0 aliphatic rings. The van der Waals surface area contributed by atoms with E-state index >= 15 is 0 Å². The summed E-state index contributed by atoms with van der Waals surface area (Å²) in [4.78, 5) is 21.6. The van der Waals surface area contributed by atoms with Gasteiger partial charge in [0.25, 0.3) is 0 Å². The van der Waals surface area contributed by atoms with E-state index < -0.39 is 5.97 Å². The lowest BCUT2D eigenvalue weighted by molar-refractivity contribution is -0.133. The van der Waals surface area contributed by atoms with E-state index in [-0.39, 0.29) is 11.5 Å². The van der Waals surface area contributed by atoms with Crippen molar-refractivity contribution >= 4 is 29.6 Å². The number of hydrogen-bond donors (Lipinski definition) is 1. The van der Waals surface area contributed by atoms with Crippen molar-refractivity contribution in [3.05, 3.63) is 40.5 Å². The molecule has 0 fully saturated rings. The third-order valence-corrected chi connectivity index (χ3v) is 3.55. The smallest absolute Gasteiger partial charge is 0.313 e. The lowest BCUT2D eigenvalue weighted by Crippen LogP contribution is -2.00. The van der Waals surface area contributed by atoms with E-state index in [1.54, 1.807) is 6.08 Å². The molecule has 3 nitrogen and oxygen atoms in total. The molecular weight excluding hydrogens is 260 g/mol. The number of ketones is 1. The molecule has 0 aromatic heterocycles. The Labute approximate surface area is 117 Å². The third kappa shape index (κ3) is 5.30. The van der Waals surface area contributed by atoms with Crippen molar-refractivity contribution in [1.82, 2.24) is 0 Å². The Balaban J connectivity index is 2.99. The molecule has 0 aliphatic carbocycles. The van der Waals surface area contributed by atoms with Crippen LogP contribution in [-0.4, -0.2) is 22.6 Å². The van der Waals surface area contributed by atoms with Crippen LogP contribution in [0, 0.1) is 13.8 Å². The molecule has 1 aromatic carbocycles. The summed E-state index contributed by atoms with van der Waals surface area (Å²) in [6.07, 6.45) is 3.36. The van der Waals surface area contributed by atoms with Crippen molar-refractivity contribution < 1.29 is 14.7 Å². The van der Waals surface area contributed by atoms with Gasteiger partial charge in [0.05, 0.1) is 5.75 Å². The van der Waals surface area contributed by atoms with Crippen LogP contribution < -0.4 is 0 Å². The van der Waals surface area contributed by atoms with Gasteiger partial charge in [0.1, 0.15) is 0 Å². The van der Waals surface area contributed by atoms with Crippen molar-refractivity contribution in [1.29, 1.82) is 0 Å². The second-order valence-electron chi connectivity index (χ2n) is 4.49. The number of aliphatic carboxylic acids is 1. The van der Waals surface area contributed by atoms with Gasteiger partial charge >= 0.3 is 5.97 Å². The van der Waals surface area contributed by atoms with Crippen molar-refractivity contribution in [2.75, 3.05) is 5.75 Å². The number of carbonyl (C=O) groups is 2. The fourth-order valence-corrected chi connectivity index (χ4v) is 2.61. The average Bonchev–Trinajstić information content (AvgIpc) is 2.26. The Kier molecular flexibility index (Phi) is 5.83. The van der Waals surface area contributed by atoms with Gasteiger partial charge in [-0.25, -0.2) is 0 Å². The van der Waals surface area contributed by atoms with Crippen LogP contribution in [0.3, 0.4) is 0 Å². The largest absolute Gasteiger partial charge is 0.481 e. The van der Waals surface area contributed by atoms with Gasteiger partial charge in [0.2, 0.25) is 0 Å². The van der Waals surface area contributed by atoms with Gasteiger partial charge in [0, 0.05) is 5.75 Å². The molecule has 0 unspecified atom stereocenters. The number of benzene rings is 1. The molecule has 1 aromatic rings. The summed E-state index contributed by atoms with van der Waals surface area (Å²) in [5.74, 6) is -0.0887. The molecule has 0 aliphatic heterocycles. The van der Waals surface area contributed by atoms with Gasteiger partial charge in [0.15, 0.2) is 5.78 Å². The molecular formula is C15H18O3S. The van der Waals surface area contributed by atoms with Crippen molar-refractivity contribution in [2.45, 2.75) is 26.5 Å². The molecule has 1 N–H and O–H groups in total. The first kappa shape index (κ1) is 15.5. The molecule has 19 heavy (non-hydrogen) atoms. The number of aryl methyl sites for hydroxylation is 2. The molecule has 0 saturated carbocycles. The monoisotopic (exact) mass is 278 g/mol.